The van der Waals surface area contributed by atoms with Gasteiger partial charge in [-0.15, -0.1) is 11.6 Å². The molecule has 1 aromatic heterocycles. The molecule has 3 rings (SSSR count). The van der Waals surface area contributed by atoms with Gasteiger partial charge in [0.05, 0.1) is 11.6 Å². The van der Waals surface area contributed by atoms with Crippen molar-refractivity contribution in [2.75, 3.05) is 31.1 Å². The number of piperazine rings is 1. The second kappa shape index (κ2) is 6.40. The highest BCUT2D eigenvalue weighted by atomic mass is 35.5. The van der Waals surface area contributed by atoms with E-state index in [0.29, 0.717) is 43.4 Å². The summed E-state index contributed by atoms with van der Waals surface area (Å²) in [4.78, 5) is 16.0. The number of para-hydroxylation sites is 1. The smallest absolute Gasteiger partial charge is 0.289 e. The van der Waals surface area contributed by atoms with Gasteiger partial charge in [-0.2, -0.15) is 0 Å². The Kier molecular flexibility index (Phi) is 4.34. The van der Waals surface area contributed by atoms with Gasteiger partial charge in [0.25, 0.3) is 5.91 Å². The van der Waals surface area contributed by atoms with Crippen LogP contribution in [0.4, 0.5) is 10.1 Å². The summed E-state index contributed by atoms with van der Waals surface area (Å²) >= 11 is 5.67. The molecule has 0 unspecified atom stereocenters. The van der Waals surface area contributed by atoms with Gasteiger partial charge in [0.15, 0.2) is 5.76 Å². The maximum Gasteiger partial charge on any atom is 0.289 e. The molecule has 1 fully saturated rings. The van der Waals surface area contributed by atoms with Crippen LogP contribution < -0.4 is 4.90 Å². The maximum absolute atomic E-state index is 13.8. The van der Waals surface area contributed by atoms with Crippen molar-refractivity contribution < 1.29 is 13.6 Å². The summed E-state index contributed by atoms with van der Waals surface area (Å²) in [5, 5.41) is 0. The third-order valence-corrected chi connectivity index (χ3v) is 4.03. The zero-order chi connectivity index (χ0) is 15.5. The minimum Gasteiger partial charge on any atom is -0.455 e. The number of alkyl halides is 1. The summed E-state index contributed by atoms with van der Waals surface area (Å²) in [6.45, 7) is 2.25. The van der Waals surface area contributed by atoms with Crippen LogP contribution in [-0.2, 0) is 5.88 Å². The number of hydrogen-bond acceptors (Lipinski definition) is 3. The van der Waals surface area contributed by atoms with E-state index in [2.05, 4.69) is 0 Å². The molecule has 4 nitrogen and oxygen atoms in total. The van der Waals surface area contributed by atoms with E-state index in [4.69, 9.17) is 16.0 Å². The molecule has 0 spiro atoms. The molecule has 116 valence electrons. The second-order valence-corrected chi connectivity index (χ2v) is 5.40. The van der Waals surface area contributed by atoms with Crippen molar-refractivity contribution in [1.29, 1.82) is 0 Å². The lowest BCUT2D eigenvalue weighted by molar-refractivity contribution is 0.0713. The van der Waals surface area contributed by atoms with Crippen LogP contribution in [0.2, 0.25) is 0 Å². The van der Waals surface area contributed by atoms with Gasteiger partial charge in [-0.3, -0.25) is 4.79 Å². The molecule has 0 N–H and O–H groups in total. The van der Waals surface area contributed by atoms with E-state index in [0.717, 1.165) is 0 Å². The fourth-order valence-electron chi connectivity index (χ4n) is 2.58. The van der Waals surface area contributed by atoms with Crippen molar-refractivity contribution >= 4 is 23.2 Å². The zero-order valence-electron chi connectivity index (χ0n) is 12.0. The third kappa shape index (κ3) is 2.95. The molecule has 0 aliphatic carbocycles. The van der Waals surface area contributed by atoms with Gasteiger partial charge in [0.2, 0.25) is 0 Å². The molecule has 0 atom stereocenters. The molecule has 1 aromatic carbocycles. The summed E-state index contributed by atoms with van der Waals surface area (Å²) in [6.07, 6.45) is 0. The van der Waals surface area contributed by atoms with Crippen molar-refractivity contribution in [3.63, 3.8) is 0 Å². The van der Waals surface area contributed by atoms with Gasteiger partial charge >= 0.3 is 0 Å². The Balaban J connectivity index is 1.64. The van der Waals surface area contributed by atoms with Crippen LogP contribution in [-0.4, -0.2) is 37.0 Å². The number of rotatable bonds is 3. The molecule has 6 heteroatoms. The first kappa shape index (κ1) is 14.9. The van der Waals surface area contributed by atoms with Gasteiger partial charge < -0.3 is 14.2 Å². The molecule has 2 heterocycles. The third-order valence-electron chi connectivity index (χ3n) is 3.76. The van der Waals surface area contributed by atoms with Crippen LogP contribution >= 0.6 is 11.6 Å². The summed E-state index contributed by atoms with van der Waals surface area (Å²) in [7, 11) is 0. The summed E-state index contributed by atoms with van der Waals surface area (Å²) in [6, 6.07) is 10.0. The van der Waals surface area contributed by atoms with Gasteiger partial charge in [-0.25, -0.2) is 4.39 Å². The normalized spacial score (nSPS) is 15.2. The number of hydrogen-bond donors (Lipinski definition) is 0. The molecule has 0 bridgehead atoms. The van der Waals surface area contributed by atoms with Gasteiger partial charge in [-0.05, 0) is 24.3 Å². The molecular weight excluding hydrogens is 307 g/mol. The van der Waals surface area contributed by atoms with E-state index in [-0.39, 0.29) is 17.6 Å². The minimum atomic E-state index is -0.236. The zero-order valence-corrected chi connectivity index (χ0v) is 12.7. The van der Waals surface area contributed by atoms with Crippen LogP contribution in [0.3, 0.4) is 0 Å². The predicted octanol–water partition coefficient (Wildman–Crippen LogP) is 3.12. The maximum atomic E-state index is 13.8. The highest BCUT2D eigenvalue weighted by Gasteiger charge is 2.25. The Morgan fingerprint density at radius 3 is 2.50 bits per heavy atom. The largest absolute Gasteiger partial charge is 0.455 e. The lowest BCUT2D eigenvalue weighted by Gasteiger charge is -2.35. The van der Waals surface area contributed by atoms with Crippen LogP contribution in [0.5, 0.6) is 0 Å². The lowest BCUT2D eigenvalue weighted by atomic mass is 10.2. The Bertz CT molecular complexity index is 666. The predicted molar refractivity (Wildman–Crippen MR) is 82.8 cm³/mol. The fraction of sp³-hybridized carbons (Fsp3) is 0.312. The van der Waals surface area contributed by atoms with Crippen LogP contribution in [0.25, 0.3) is 0 Å². The molecule has 22 heavy (non-hydrogen) atoms. The number of amides is 1. The summed E-state index contributed by atoms with van der Waals surface area (Å²) in [5.74, 6) is 0.739. The van der Waals surface area contributed by atoms with Crippen molar-refractivity contribution in [3.05, 3.63) is 53.7 Å². The molecule has 1 amide bonds. The first-order chi connectivity index (χ1) is 10.7. The monoisotopic (exact) mass is 322 g/mol. The first-order valence-corrected chi connectivity index (χ1v) is 7.66. The molecule has 1 saturated heterocycles. The quantitative estimate of drug-likeness (QED) is 0.815. The van der Waals surface area contributed by atoms with E-state index >= 15 is 0 Å². The van der Waals surface area contributed by atoms with E-state index in [9.17, 15) is 9.18 Å². The van der Waals surface area contributed by atoms with Crippen molar-refractivity contribution in [2.45, 2.75) is 5.88 Å². The summed E-state index contributed by atoms with van der Waals surface area (Å²) in [5.41, 5.74) is 0.581. The average molecular weight is 323 g/mol. The van der Waals surface area contributed by atoms with Gasteiger partial charge in [0.1, 0.15) is 11.6 Å². The molecule has 2 aromatic rings. The van der Waals surface area contributed by atoms with E-state index in [1.807, 2.05) is 11.0 Å². The Morgan fingerprint density at radius 1 is 1.14 bits per heavy atom. The van der Waals surface area contributed by atoms with E-state index in [1.54, 1.807) is 29.2 Å². The molecular formula is C16H16ClFN2O2. The average Bonchev–Trinajstić information content (AvgIpc) is 3.04. The number of nitrogens with zero attached hydrogens (tertiary/aromatic N) is 2. The molecule has 0 radical (unpaired) electrons. The number of benzene rings is 1. The highest BCUT2D eigenvalue weighted by molar-refractivity contribution is 6.16. The number of carbonyl (C=O) groups excluding carboxylic acids is 1. The van der Waals surface area contributed by atoms with E-state index in [1.165, 1.54) is 6.07 Å². The molecule has 1 aliphatic heterocycles. The molecule has 1 aliphatic rings. The van der Waals surface area contributed by atoms with E-state index < -0.39 is 0 Å². The van der Waals surface area contributed by atoms with Crippen LogP contribution in [0.1, 0.15) is 16.3 Å². The topological polar surface area (TPSA) is 36.7 Å². The number of furan rings is 1. The second-order valence-electron chi connectivity index (χ2n) is 5.13. The van der Waals surface area contributed by atoms with Crippen LogP contribution in [0.15, 0.2) is 40.8 Å². The van der Waals surface area contributed by atoms with Crippen molar-refractivity contribution in [3.8, 4) is 0 Å². The number of anilines is 1. The minimum absolute atomic E-state index is 0.149. The number of halogens is 2. The summed E-state index contributed by atoms with van der Waals surface area (Å²) < 4.78 is 19.2. The van der Waals surface area contributed by atoms with Gasteiger partial charge in [-0.1, -0.05) is 12.1 Å². The fourth-order valence-corrected chi connectivity index (χ4v) is 2.72. The van der Waals surface area contributed by atoms with Crippen molar-refractivity contribution in [2.24, 2.45) is 0 Å². The Hall–Kier alpha value is -2.01. The standard InChI is InChI=1S/C16H16ClFN2O2/c17-11-12-5-6-15(22-12)16(21)20-9-7-19(8-10-20)14-4-2-1-3-13(14)18/h1-6H,7-11H2. The Morgan fingerprint density at radius 2 is 1.86 bits per heavy atom. The lowest BCUT2D eigenvalue weighted by Crippen LogP contribution is -2.49. The highest BCUT2D eigenvalue weighted by Crippen LogP contribution is 2.21. The number of carbonyl (C=O) groups is 1. The van der Waals surface area contributed by atoms with Gasteiger partial charge in [0, 0.05) is 26.2 Å². The Labute approximate surface area is 133 Å². The molecule has 0 saturated carbocycles. The van der Waals surface area contributed by atoms with Crippen LogP contribution in [0, 0.1) is 5.82 Å². The first-order valence-electron chi connectivity index (χ1n) is 7.12. The van der Waals surface area contributed by atoms with Crippen molar-refractivity contribution in [1.82, 2.24) is 4.90 Å². The SMILES string of the molecule is O=C(c1ccc(CCl)o1)N1CCN(c2ccccc2F)CC1.